The van der Waals surface area contributed by atoms with Crippen LogP contribution >= 0.6 is 78.3 Å². The topological polar surface area (TPSA) is 35.5 Å². The lowest BCUT2D eigenvalue weighted by Crippen LogP contribution is -2.50. The number of carbonyl (C=O) groups excluding carboxylic acids is 1. The number of carbonyl (C=O) groups is 1. The average molecular weight is 879 g/mol. The maximum Gasteiger partial charge on any atom is 0.258 e. The number of alkyl halides is 2. The zero-order valence-electron chi connectivity index (χ0n) is 29.3. The van der Waals surface area contributed by atoms with E-state index in [0.717, 1.165) is 11.1 Å². The number of hydrogen-bond donors (Lipinski definition) is 0. The van der Waals surface area contributed by atoms with Crippen molar-refractivity contribution in [2.45, 2.75) is 139 Å². The molecule has 11 heteroatoms. The first-order valence-electron chi connectivity index (χ1n) is 16.3. The van der Waals surface area contributed by atoms with Gasteiger partial charge in [0, 0.05) is 0 Å². The van der Waals surface area contributed by atoms with E-state index in [2.05, 4.69) is 115 Å². The highest BCUT2D eigenvalue weighted by molar-refractivity contribution is 9.10. The van der Waals surface area contributed by atoms with Crippen molar-refractivity contribution < 1.29 is 13.6 Å². The highest BCUT2D eigenvalue weighted by Gasteiger charge is 2.48. The molecule has 0 radical (unpaired) electrons. The molecule has 0 aliphatic carbocycles. The largest absolute Gasteiger partial charge is 0.541 e. The Morgan fingerprint density at radius 3 is 0.957 bits per heavy atom. The molecule has 0 saturated heterocycles. The molecule has 46 heavy (non-hydrogen) atoms. The third-order valence-electron chi connectivity index (χ3n) is 9.54. The van der Waals surface area contributed by atoms with Crippen LogP contribution in [0.4, 0.5) is 0 Å². The third kappa shape index (κ3) is 9.32. The molecule has 2 aromatic carbocycles. The highest BCUT2D eigenvalue weighted by atomic mass is 79.9. The van der Waals surface area contributed by atoms with E-state index in [1.54, 1.807) is 0 Å². The smallest absolute Gasteiger partial charge is 0.258 e. The number of rotatable bonds is 16. The van der Waals surface area contributed by atoms with Crippen molar-refractivity contribution in [3.63, 3.8) is 0 Å². The van der Waals surface area contributed by atoms with E-state index in [1.807, 2.05) is 24.3 Å². The summed E-state index contributed by atoms with van der Waals surface area (Å²) in [5, 5.41) is 1.87. The lowest BCUT2D eigenvalue weighted by Gasteiger charge is -2.42. The molecule has 0 heterocycles. The molecule has 2 unspecified atom stereocenters. The van der Waals surface area contributed by atoms with Gasteiger partial charge in [0.1, 0.15) is 11.5 Å². The first-order chi connectivity index (χ1) is 21.1. The zero-order chi connectivity index (χ0) is 35.5. The molecule has 0 spiro atoms. The lowest BCUT2D eigenvalue weighted by molar-refractivity contribution is -0.117. The van der Waals surface area contributed by atoms with Crippen molar-refractivity contribution in [2.75, 3.05) is 0 Å². The van der Waals surface area contributed by atoms with Crippen LogP contribution in [-0.2, 0) is 17.6 Å². The van der Waals surface area contributed by atoms with E-state index in [-0.39, 0.29) is 5.78 Å². The van der Waals surface area contributed by atoms with Crippen molar-refractivity contribution >= 4 is 101 Å². The van der Waals surface area contributed by atoms with E-state index in [0.29, 0.717) is 77.7 Å². The maximum absolute atomic E-state index is 13.5. The van der Waals surface area contributed by atoms with Gasteiger partial charge in [-0.05, 0) is 81.5 Å². The van der Waals surface area contributed by atoms with E-state index in [4.69, 9.17) is 55.3 Å². The van der Waals surface area contributed by atoms with Crippen LogP contribution in [0.3, 0.4) is 0 Å². The van der Waals surface area contributed by atoms with Crippen LogP contribution in [0.2, 0.25) is 53.3 Å². The van der Waals surface area contributed by atoms with E-state index in [1.165, 1.54) is 0 Å². The van der Waals surface area contributed by atoms with Gasteiger partial charge >= 0.3 is 0 Å². The minimum absolute atomic E-state index is 0.00293. The second kappa shape index (κ2) is 17.5. The number of benzene rings is 2. The SMILES string of the molecule is CC(C)[Si](Oc1c(Cl)cc(CC(Br)C(=O)C(Br)Cc2cc(Cl)c(O[Si](C(C)C)(C(C)C)C(C)C)c(Cl)c2)cc1Cl)(C(C)C)C(C)C. The Kier molecular flexibility index (Phi) is 16.1. The summed E-state index contributed by atoms with van der Waals surface area (Å²) in [6.07, 6.45) is 0.838. The molecule has 3 nitrogen and oxygen atoms in total. The number of Topliss-reactive ketones (excluding diaryl/α,β-unsaturated/α-hetero) is 1. The lowest BCUT2D eigenvalue weighted by atomic mass is 10.0. The minimum Gasteiger partial charge on any atom is -0.541 e. The predicted octanol–water partition coefficient (Wildman–Crippen LogP) is 14.3. The van der Waals surface area contributed by atoms with Crippen molar-refractivity contribution in [2.24, 2.45) is 0 Å². The molecule has 2 atom stereocenters. The molecule has 0 aromatic heterocycles. The molecule has 0 N–H and O–H groups in total. The van der Waals surface area contributed by atoms with Crippen LogP contribution in [-0.4, -0.2) is 32.1 Å². The fourth-order valence-corrected chi connectivity index (χ4v) is 21.3. The van der Waals surface area contributed by atoms with Gasteiger partial charge in [-0.3, -0.25) is 4.79 Å². The van der Waals surface area contributed by atoms with Gasteiger partial charge in [-0.1, -0.05) is 161 Å². The second-order valence-electron chi connectivity index (χ2n) is 14.4. The summed E-state index contributed by atoms with van der Waals surface area (Å²) in [5.74, 6) is 1.08. The summed E-state index contributed by atoms with van der Waals surface area (Å²) in [5.41, 5.74) is 3.97. The number of ketones is 1. The first-order valence-corrected chi connectivity index (χ1v) is 23.9. The molecule has 2 aromatic rings. The van der Waals surface area contributed by atoms with Crippen LogP contribution in [0.15, 0.2) is 24.3 Å². The molecule has 2 rings (SSSR count). The number of hydrogen-bond acceptors (Lipinski definition) is 3. The Bertz CT molecular complexity index is 1160. The standard InChI is InChI=1S/C35H52Br2Cl4O3Si2/c1-19(2)45(20(3)4,21(5)6)43-34-29(38)15-25(16-30(34)39)13-27(36)33(42)28(37)14-26-17-31(40)35(32(41)18-26)44-46(22(7)8,23(9)10)24(11)12/h15-24,27-28H,13-14H2,1-12H3. The molecule has 0 fully saturated rings. The van der Waals surface area contributed by atoms with Crippen molar-refractivity contribution in [1.29, 1.82) is 0 Å². The monoisotopic (exact) mass is 874 g/mol. The van der Waals surface area contributed by atoms with Crippen molar-refractivity contribution in [3.05, 3.63) is 55.5 Å². The molecule has 0 amide bonds. The Morgan fingerprint density at radius 1 is 0.543 bits per heavy atom. The van der Waals surface area contributed by atoms with E-state index < -0.39 is 26.3 Å². The van der Waals surface area contributed by atoms with Gasteiger partial charge in [0.05, 0.1) is 29.7 Å². The zero-order valence-corrected chi connectivity index (χ0v) is 37.5. The normalized spacial score (nSPS) is 14.3. The van der Waals surface area contributed by atoms with Crippen LogP contribution in [0, 0.1) is 0 Å². The van der Waals surface area contributed by atoms with Gasteiger partial charge in [-0.2, -0.15) is 0 Å². The molecule has 260 valence electrons. The van der Waals surface area contributed by atoms with Crippen molar-refractivity contribution in [3.8, 4) is 11.5 Å². The Balaban J connectivity index is 2.24. The van der Waals surface area contributed by atoms with Crippen molar-refractivity contribution in [1.82, 2.24) is 0 Å². The van der Waals surface area contributed by atoms with Crippen LogP contribution in [0.25, 0.3) is 0 Å². The molecular formula is C35H52Br2Cl4O3Si2. The van der Waals surface area contributed by atoms with Gasteiger partial charge in [0.25, 0.3) is 16.6 Å². The fraction of sp³-hybridized carbons (Fsp3) is 0.629. The van der Waals surface area contributed by atoms with Gasteiger partial charge in [-0.25, -0.2) is 0 Å². The summed E-state index contributed by atoms with van der Waals surface area (Å²) < 4.78 is 13.6. The summed E-state index contributed by atoms with van der Waals surface area (Å²) in [4.78, 5) is 12.6. The maximum atomic E-state index is 13.5. The van der Waals surface area contributed by atoms with Gasteiger partial charge in [0.2, 0.25) is 0 Å². The molecule has 0 saturated carbocycles. The fourth-order valence-electron chi connectivity index (χ4n) is 7.53. The summed E-state index contributed by atoms with van der Waals surface area (Å²) in [6.45, 7) is 26.7. The Labute approximate surface area is 317 Å². The van der Waals surface area contributed by atoms with Crippen LogP contribution < -0.4 is 8.85 Å². The summed E-state index contributed by atoms with van der Waals surface area (Å²) in [7, 11) is -4.51. The quantitative estimate of drug-likeness (QED) is 0.124. The molecular weight excluding hydrogens is 826 g/mol. The summed E-state index contributed by atoms with van der Waals surface area (Å²) >= 11 is 34.4. The summed E-state index contributed by atoms with van der Waals surface area (Å²) in [6, 6.07) is 7.45. The highest BCUT2D eigenvalue weighted by Crippen LogP contribution is 2.48. The van der Waals surface area contributed by atoms with E-state index >= 15 is 0 Å². The molecule has 0 aliphatic rings. The van der Waals surface area contributed by atoms with Gasteiger partial charge in [0.15, 0.2) is 5.78 Å². The molecule has 0 bridgehead atoms. The Morgan fingerprint density at radius 2 is 0.761 bits per heavy atom. The Hall–Kier alpha value is 0.264. The van der Waals surface area contributed by atoms with Crippen LogP contribution in [0.1, 0.15) is 94.2 Å². The van der Waals surface area contributed by atoms with Gasteiger partial charge < -0.3 is 8.85 Å². The average Bonchev–Trinajstić information content (AvgIpc) is 2.90. The third-order valence-corrected chi connectivity index (χ3v) is 24.2. The van der Waals surface area contributed by atoms with Crippen LogP contribution in [0.5, 0.6) is 11.5 Å². The van der Waals surface area contributed by atoms with E-state index in [9.17, 15) is 4.79 Å². The predicted molar refractivity (Wildman–Crippen MR) is 214 cm³/mol. The first kappa shape index (κ1) is 42.4. The van der Waals surface area contributed by atoms with Gasteiger partial charge in [-0.15, -0.1) is 0 Å². The second-order valence-corrected chi connectivity index (χ2v) is 29.0. The number of halogens is 6. The minimum atomic E-state index is -2.25. The molecule has 0 aliphatic heterocycles.